The summed E-state index contributed by atoms with van der Waals surface area (Å²) in [5.41, 5.74) is 1.20. The monoisotopic (exact) mass is 267 g/mol. The zero-order valence-corrected chi connectivity index (χ0v) is 12.2. The molecule has 0 radical (unpaired) electrons. The number of benzene rings is 1. The number of hydrogen-bond donors (Lipinski definition) is 2. The Morgan fingerprint density at radius 2 is 2.06 bits per heavy atom. The number of thioether (sulfide) groups is 1. The van der Waals surface area contributed by atoms with Crippen LogP contribution in [0.5, 0.6) is 0 Å². The first kappa shape index (κ1) is 14.9. The van der Waals surface area contributed by atoms with E-state index in [0.717, 1.165) is 17.2 Å². The van der Waals surface area contributed by atoms with E-state index in [1.807, 2.05) is 25.1 Å². The van der Waals surface area contributed by atoms with Crippen molar-refractivity contribution in [1.29, 1.82) is 0 Å². The maximum Gasteiger partial charge on any atom is 0.338 e. The van der Waals surface area contributed by atoms with E-state index in [0.29, 0.717) is 11.3 Å². The molecule has 3 nitrogen and oxygen atoms in total. The minimum atomic E-state index is -0.872. The maximum atomic E-state index is 11.4. The third kappa shape index (κ3) is 4.26. The molecule has 0 aliphatic heterocycles. The third-order valence-corrected chi connectivity index (χ3v) is 3.29. The Hall–Kier alpha value is -1.16. The average Bonchev–Trinajstić information content (AvgIpc) is 2.25. The van der Waals surface area contributed by atoms with Crippen LogP contribution in [0.4, 0.5) is 5.69 Å². The summed E-state index contributed by atoms with van der Waals surface area (Å²) < 4.78 is 0. The van der Waals surface area contributed by atoms with Gasteiger partial charge in [-0.25, -0.2) is 4.79 Å². The van der Waals surface area contributed by atoms with Crippen LogP contribution in [0.3, 0.4) is 0 Å². The molecule has 0 unspecified atom stereocenters. The smallest absolute Gasteiger partial charge is 0.338 e. The molecule has 0 amide bonds. The van der Waals surface area contributed by atoms with Gasteiger partial charge in [0, 0.05) is 17.1 Å². The molecule has 0 heterocycles. The minimum absolute atomic E-state index is 0.115. The first-order valence-electron chi connectivity index (χ1n) is 6.08. The Labute approximate surface area is 113 Å². The van der Waals surface area contributed by atoms with Crippen molar-refractivity contribution in [2.45, 2.75) is 32.6 Å². The van der Waals surface area contributed by atoms with Gasteiger partial charge in [0.25, 0.3) is 0 Å². The first-order chi connectivity index (χ1) is 8.35. The Kier molecular flexibility index (Phi) is 5.08. The van der Waals surface area contributed by atoms with Gasteiger partial charge in [-0.1, -0.05) is 33.8 Å². The lowest BCUT2D eigenvalue weighted by Crippen LogP contribution is -2.20. The van der Waals surface area contributed by atoms with Crippen LogP contribution in [-0.2, 0) is 0 Å². The van der Waals surface area contributed by atoms with E-state index >= 15 is 0 Å². The summed E-state index contributed by atoms with van der Waals surface area (Å²) in [5, 5.41) is 12.6. The van der Waals surface area contributed by atoms with Crippen molar-refractivity contribution in [3.05, 3.63) is 23.8 Å². The highest BCUT2D eigenvalue weighted by atomic mass is 32.2. The highest BCUT2D eigenvalue weighted by molar-refractivity contribution is 7.99. The van der Waals surface area contributed by atoms with E-state index in [9.17, 15) is 9.90 Å². The third-order valence-electron chi connectivity index (χ3n) is 2.35. The summed E-state index contributed by atoms with van der Waals surface area (Å²) in [6, 6.07) is 5.59. The zero-order valence-electron chi connectivity index (χ0n) is 11.4. The summed E-state index contributed by atoms with van der Waals surface area (Å²) in [6.45, 7) is 9.11. The number of aromatic carboxylic acids is 1. The Balaban J connectivity index is 3.03. The van der Waals surface area contributed by atoms with E-state index < -0.39 is 5.97 Å². The lowest BCUT2D eigenvalue weighted by Gasteiger charge is -2.21. The standard InChI is InChI=1S/C14H21NO2S/c1-5-18-11-8-6-7-10(12(11)13(16)17)15-9-14(2,3)4/h6-8,15H,5,9H2,1-4H3,(H,16,17). The van der Waals surface area contributed by atoms with Crippen LogP contribution < -0.4 is 5.32 Å². The second-order valence-corrected chi connectivity index (χ2v) is 6.64. The predicted molar refractivity (Wildman–Crippen MR) is 77.7 cm³/mol. The topological polar surface area (TPSA) is 49.3 Å². The van der Waals surface area contributed by atoms with Crippen LogP contribution in [0.1, 0.15) is 38.1 Å². The van der Waals surface area contributed by atoms with Crippen LogP contribution in [-0.4, -0.2) is 23.4 Å². The molecule has 1 aromatic carbocycles. The van der Waals surface area contributed by atoms with E-state index in [4.69, 9.17) is 0 Å². The van der Waals surface area contributed by atoms with Gasteiger partial charge in [0.1, 0.15) is 0 Å². The van der Waals surface area contributed by atoms with E-state index in [1.165, 1.54) is 0 Å². The highest BCUT2D eigenvalue weighted by Gasteiger charge is 2.17. The molecular weight excluding hydrogens is 246 g/mol. The van der Waals surface area contributed by atoms with Crippen LogP contribution >= 0.6 is 11.8 Å². The Morgan fingerprint density at radius 3 is 2.56 bits per heavy atom. The molecule has 0 aromatic heterocycles. The van der Waals surface area contributed by atoms with Crippen molar-refractivity contribution in [2.75, 3.05) is 17.6 Å². The van der Waals surface area contributed by atoms with Gasteiger partial charge in [-0.2, -0.15) is 0 Å². The van der Waals surface area contributed by atoms with Gasteiger partial charge in [0.05, 0.1) is 5.56 Å². The molecule has 0 aliphatic rings. The molecule has 0 fully saturated rings. The van der Waals surface area contributed by atoms with Crippen molar-refractivity contribution in [3.8, 4) is 0 Å². The van der Waals surface area contributed by atoms with Gasteiger partial charge in [-0.3, -0.25) is 0 Å². The predicted octanol–water partition coefficient (Wildman–Crippen LogP) is 3.95. The van der Waals surface area contributed by atoms with Crippen LogP contribution in [0.2, 0.25) is 0 Å². The number of anilines is 1. The molecule has 0 bridgehead atoms. The summed E-state index contributed by atoms with van der Waals surface area (Å²) >= 11 is 1.56. The van der Waals surface area contributed by atoms with E-state index in [1.54, 1.807) is 11.8 Å². The molecule has 0 spiro atoms. The normalized spacial score (nSPS) is 11.3. The van der Waals surface area contributed by atoms with Crippen molar-refractivity contribution in [2.24, 2.45) is 5.41 Å². The molecule has 0 saturated heterocycles. The highest BCUT2D eigenvalue weighted by Crippen LogP contribution is 2.29. The fourth-order valence-corrected chi connectivity index (χ4v) is 2.36. The molecule has 0 saturated carbocycles. The molecule has 1 aromatic rings. The van der Waals surface area contributed by atoms with Gasteiger partial charge in [-0.15, -0.1) is 11.8 Å². The maximum absolute atomic E-state index is 11.4. The second kappa shape index (κ2) is 6.14. The summed E-state index contributed by atoms with van der Waals surface area (Å²) in [4.78, 5) is 12.2. The molecule has 0 aliphatic carbocycles. The van der Waals surface area contributed by atoms with Crippen molar-refractivity contribution < 1.29 is 9.90 Å². The Morgan fingerprint density at radius 1 is 1.39 bits per heavy atom. The second-order valence-electron chi connectivity index (χ2n) is 5.33. The number of carbonyl (C=O) groups is 1. The fraction of sp³-hybridized carbons (Fsp3) is 0.500. The van der Waals surface area contributed by atoms with Crippen molar-refractivity contribution in [1.82, 2.24) is 0 Å². The first-order valence-corrected chi connectivity index (χ1v) is 7.06. The van der Waals surface area contributed by atoms with Gasteiger partial charge in [-0.05, 0) is 23.3 Å². The Bertz CT molecular complexity index is 424. The molecule has 2 N–H and O–H groups in total. The molecule has 18 heavy (non-hydrogen) atoms. The number of rotatable bonds is 5. The lowest BCUT2D eigenvalue weighted by molar-refractivity contribution is 0.0694. The van der Waals surface area contributed by atoms with Crippen molar-refractivity contribution in [3.63, 3.8) is 0 Å². The molecule has 100 valence electrons. The minimum Gasteiger partial charge on any atom is -0.478 e. The van der Waals surface area contributed by atoms with Crippen molar-refractivity contribution >= 4 is 23.4 Å². The van der Waals surface area contributed by atoms with Crippen LogP contribution in [0.15, 0.2) is 23.1 Å². The largest absolute Gasteiger partial charge is 0.478 e. The summed E-state index contributed by atoms with van der Waals surface area (Å²) in [7, 11) is 0. The van der Waals surface area contributed by atoms with Crippen LogP contribution in [0.25, 0.3) is 0 Å². The summed E-state index contributed by atoms with van der Waals surface area (Å²) in [5.74, 6) is -0.00817. The van der Waals surface area contributed by atoms with Crippen LogP contribution in [0, 0.1) is 5.41 Å². The molecular formula is C14H21NO2S. The molecule has 0 atom stereocenters. The molecule has 1 rings (SSSR count). The number of carboxylic acids is 1. The zero-order chi connectivity index (χ0) is 13.8. The summed E-state index contributed by atoms with van der Waals surface area (Å²) in [6.07, 6.45) is 0. The SMILES string of the molecule is CCSc1cccc(NCC(C)(C)C)c1C(=O)O. The quantitative estimate of drug-likeness (QED) is 0.793. The van der Waals surface area contributed by atoms with Gasteiger partial charge in [0.2, 0.25) is 0 Å². The molecule has 4 heteroatoms. The van der Waals surface area contributed by atoms with Gasteiger partial charge < -0.3 is 10.4 Å². The number of carboxylic acid groups (broad SMARTS) is 1. The number of nitrogens with one attached hydrogen (secondary N) is 1. The van der Waals surface area contributed by atoms with E-state index in [-0.39, 0.29) is 5.41 Å². The van der Waals surface area contributed by atoms with E-state index in [2.05, 4.69) is 26.1 Å². The lowest BCUT2D eigenvalue weighted by atomic mass is 9.96. The van der Waals surface area contributed by atoms with Gasteiger partial charge >= 0.3 is 5.97 Å². The fourth-order valence-electron chi connectivity index (χ4n) is 1.54. The average molecular weight is 267 g/mol. The number of hydrogen-bond acceptors (Lipinski definition) is 3. The van der Waals surface area contributed by atoms with Gasteiger partial charge in [0.15, 0.2) is 0 Å².